The maximum atomic E-state index is 6.20. The molecule has 1 aliphatic heterocycles. The molecule has 0 radical (unpaired) electrons. The molecular weight excluding hydrogens is 360 g/mol. The molecular formula is C24H26N4O. The second kappa shape index (κ2) is 6.99. The van der Waals surface area contributed by atoms with Crippen LogP contribution in [0.3, 0.4) is 0 Å². The van der Waals surface area contributed by atoms with Gasteiger partial charge in [-0.05, 0) is 48.8 Å². The maximum absolute atomic E-state index is 6.20. The number of aromatic nitrogens is 2. The van der Waals surface area contributed by atoms with E-state index in [4.69, 9.17) is 4.42 Å². The highest BCUT2D eigenvalue weighted by atomic mass is 16.4. The molecule has 0 saturated heterocycles. The first-order valence-electron chi connectivity index (χ1n) is 10.9. The van der Waals surface area contributed by atoms with Crippen molar-refractivity contribution in [2.24, 2.45) is 5.92 Å². The fraction of sp³-hybridized carbons (Fsp3) is 0.417. The van der Waals surface area contributed by atoms with Gasteiger partial charge >= 0.3 is 6.01 Å². The normalized spacial score (nSPS) is 25.7. The summed E-state index contributed by atoms with van der Waals surface area (Å²) in [6.45, 7) is 0. The molecule has 2 aromatic carbocycles. The summed E-state index contributed by atoms with van der Waals surface area (Å²) < 4.78 is 6.20. The lowest BCUT2D eigenvalue weighted by Crippen LogP contribution is -2.46. The highest BCUT2D eigenvalue weighted by Gasteiger charge is 2.46. The Balaban J connectivity index is 1.36. The predicted octanol–water partition coefficient (Wildman–Crippen LogP) is 4.77. The number of para-hydroxylation sites is 1. The van der Waals surface area contributed by atoms with Crippen LogP contribution < -0.4 is 10.2 Å². The molecule has 1 aromatic heterocycles. The topological polar surface area (TPSA) is 54.2 Å². The fourth-order valence-corrected chi connectivity index (χ4v) is 5.20. The first kappa shape index (κ1) is 17.2. The van der Waals surface area contributed by atoms with E-state index in [1.165, 1.54) is 48.9 Å². The van der Waals surface area contributed by atoms with Crippen LogP contribution in [0, 0.1) is 5.92 Å². The molecule has 3 unspecified atom stereocenters. The molecule has 2 heterocycles. The van der Waals surface area contributed by atoms with E-state index in [2.05, 4.69) is 56.8 Å². The second-order valence-corrected chi connectivity index (χ2v) is 8.65. The minimum Gasteiger partial charge on any atom is -0.407 e. The van der Waals surface area contributed by atoms with Gasteiger partial charge in [-0.2, -0.15) is 0 Å². The van der Waals surface area contributed by atoms with Crippen molar-refractivity contribution in [3.8, 4) is 0 Å². The predicted molar refractivity (Wildman–Crippen MR) is 112 cm³/mol. The van der Waals surface area contributed by atoms with E-state index < -0.39 is 0 Å². The number of nitrogens with zero attached hydrogens (tertiary/aromatic N) is 3. The summed E-state index contributed by atoms with van der Waals surface area (Å²) in [4.78, 5) is 2.33. The summed E-state index contributed by atoms with van der Waals surface area (Å²) in [6.07, 6.45) is 6.98. The van der Waals surface area contributed by atoms with Gasteiger partial charge in [0.25, 0.3) is 0 Å². The van der Waals surface area contributed by atoms with Crippen molar-refractivity contribution in [2.75, 3.05) is 4.90 Å². The summed E-state index contributed by atoms with van der Waals surface area (Å²) in [5, 5.41) is 12.8. The van der Waals surface area contributed by atoms with Gasteiger partial charge in [0.1, 0.15) is 0 Å². The Morgan fingerprint density at radius 3 is 2.62 bits per heavy atom. The van der Waals surface area contributed by atoms with Gasteiger partial charge in [0.05, 0.1) is 12.1 Å². The molecule has 3 atom stereocenters. The number of hydrogen-bond donors (Lipinski definition) is 1. The highest BCUT2D eigenvalue weighted by Crippen LogP contribution is 2.50. The molecule has 2 fully saturated rings. The fourth-order valence-electron chi connectivity index (χ4n) is 5.20. The minimum atomic E-state index is 0.422. The molecule has 148 valence electrons. The first-order valence-corrected chi connectivity index (χ1v) is 10.9. The van der Waals surface area contributed by atoms with Crippen molar-refractivity contribution in [2.45, 2.75) is 56.7 Å². The van der Waals surface area contributed by atoms with Crippen molar-refractivity contribution >= 4 is 11.7 Å². The van der Waals surface area contributed by atoms with Crippen molar-refractivity contribution in [1.82, 2.24) is 15.5 Å². The molecule has 2 saturated carbocycles. The van der Waals surface area contributed by atoms with Crippen molar-refractivity contribution < 1.29 is 4.42 Å². The summed E-state index contributed by atoms with van der Waals surface area (Å²) in [5.74, 6) is 1.27. The second-order valence-electron chi connectivity index (χ2n) is 8.65. The van der Waals surface area contributed by atoms with Gasteiger partial charge < -0.3 is 9.73 Å². The Hall–Kier alpha value is -2.66. The van der Waals surface area contributed by atoms with E-state index in [-0.39, 0.29) is 0 Å². The Bertz CT molecular complexity index is 997. The van der Waals surface area contributed by atoms with Crippen molar-refractivity contribution in [1.29, 1.82) is 0 Å². The number of hydrogen-bond acceptors (Lipinski definition) is 5. The van der Waals surface area contributed by atoms with Gasteiger partial charge in [-0.3, -0.25) is 4.90 Å². The standard InChI is InChI=1S/C24H26N4O/c1-2-7-16(8-3-1)15-22-26-27-24(29-22)28-20-11-5-4-9-18(20)23(25-17-13-14-17)19-10-6-12-21(19)28/h1-5,7-9,11,17,19,21,23,25H,6,10,12-15H2. The molecule has 0 spiro atoms. The summed E-state index contributed by atoms with van der Waals surface area (Å²) in [6, 6.07) is 21.3. The van der Waals surface area contributed by atoms with Gasteiger partial charge in [0.2, 0.25) is 5.89 Å². The van der Waals surface area contributed by atoms with Crippen LogP contribution in [0.2, 0.25) is 0 Å². The van der Waals surface area contributed by atoms with E-state index >= 15 is 0 Å². The molecule has 3 aliphatic rings. The largest absolute Gasteiger partial charge is 0.407 e. The molecule has 1 N–H and O–H groups in total. The quantitative estimate of drug-likeness (QED) is 0.684. The third kappa shape index (κ3) is 3.14. The third-order valence-corrected chi connectivity index (χ3v) is 6.68. The lowest BCUT2D eigenvalue weighted by atomic mass is 9.83. The average molecular weight is 386 g/mol. The summed E-state index contributed by atoms with van der Waals surface area (Å²) in [5.41, 5.74) is 3.79. The zero-order chi connectivity index (χ0) is 19.2. The number of anilines is 2. The highest BCUT2D eigenvalue weighted by molar-refractivity contribution is 5.65. The molecule has 0 amide bonds. The van der Waals surface area contributed by atoms with E-state index in [1.54, 1.807) is 0 Å². The first-order chi connectivity index (χ1) is 14.4. The SMILES string of the molecule is c1ccc(Cc2nnc(N3c4ccccc4C(NC4CC4)C4CCCC43)o2)cc1. The van der Waals surface area contributed by atoms with E-state index in [1.807, 2.05) is 18.2 Å². The molecule has 2 aliphatic carbocycles. The van der Waals surface area contributed by atoms with Gasteiger partial charge in [-0.25, -0.2) is 0 Å². The third-order valence-electron chi connectivity index (χ3n) is 6.68. The van der Waals surface area contributed by atoms with Crippen LogP contribution in [0.4, 0.5) is 11.7 Å². The molecule has 3 aromatic rings. The zero-order valence-corrected chi connectivity index (χ0v) is 16.5. The molecule has 6 rings (SSSR count). The van der Waals surface area contributed by atoms with Crippen LogP contribution in [0.1, 0.15) is 55.2 Å². The monoisotopic (exact) mass is 386 g/mol. The van der Waals surface area contributed by atoms with Crippen LogP contribution in [0.5, 0.6) is 0 Å². The van der Waals surface area contributed by atoms with Gasteiger partial charge in [-0.1, -0.05) is 60.1 Å². The van der Waals surface area contributed by atoms with Crippen LogP contribution in [0.15, 0.2) is 59.0 Å². The lowest BCUT2D eigenvalue weighted by molar-refractivity contribution is 0.310. The molecule has 5 heteroatoms. The number of rotatable bonds is 5. The maximum Gasteiger partial charge on any atom is 0.323 e. The molecule has 29 heavy (non-hydrogen) atoms. The van der Waals surface area contributed by atoms with Crippen molar-refractivity contribution in [3.63, 3.8) is 0 Å². The van der Waals surface area contributed by atoms with E-state index in [9.17, 15) is 0 Å². The Morgan fingerprint density at radius 1 is 0.931 bits per heavy atom. The van der Waals surface area contributed by atoms with E-state index in [0.717, 1.165) is 0 Å². The van der Waals surface area contributed by atoms with Crippen LogP contribution in [-0.4, -0.2) is 22.3 Å². The van der Waals surface area contributed by atoms with Gasteiger partial charge in [-0.15, -0.1) is 5.10 Å². The molecule has 0 bridgehead atoms. The lowest BCUT2D eigenvalue weighted by Gasteiger charge is -2.43. The summed E-state index contributed by atoms with van der Waals surface area (Å²) in [7, 11) is 0. The van der Waals surface area contributed by atoms with Crippen LogP contribution >= 0.6 is 0 Å². The van der Waals surface area contributed by atoms with Gasteiger partial charge in [0, 0.05) is 18.1 Å². The average Bonchev–Trinajstić information content (AvgIpc) is 3.24. The van der Waals surface area contributed by atoms with E-state index in [0.29, 0.717) is 42.4 Å². The smallest absolute Gasteiger partial charge is 0.323 e. The Kier molecular flexibility index (Phi) is 4.15. The summed E-state index contributed by atoms with van der Waals surface area (Å²) >= 11 is 0. The number of benzene rings is 2. The van der Waals surface area contributed by atoms with Gasteiger partial charge in [0.15, 0.2) is 0 Å². The zero-order valence-electron chi connectivity index (χ0n) is 16.5. The van der Waals surface area contributed by atoms with Crippen LogP contribution in [-0.2, 0) is 6.42 Å². The Morgan fingerprint density at radius 2 is 1.76 bits per heavy atom. The molecule has 5 nitrogen and oxygen atoms in total. The minimum absolute atomic E-state index is 0.422. The number of nitrogens with one attached hydrogen (secondary N) is 1. The Labute approximate surface area is 171 Å². The van der Waals surface area contributed by atoms with Crippen molar-refractivity contribution in [3.05, 3.63) is 71.6 Å². The number of fused-ring (bicyclic) bond motifs is 2. The van der Waals surface area contributed by atoms with Crippen LogP contribution in [0.25, 0.3) is 0 Å².